The molecule has 1 heterocycles. The van der Waals surface area contributed by atoms with Crippen molar-refractivity contribution < 1.29 is 9.90 Å². The fraction of sp³-hybridized carbons (Fsp3) is 0.375. The van der Waals surface area contributed by atoms with Crippen molar-refractivity contribution in [3.8, 4) is 0 Å². The van der Waals surface area contributed by atoms with Crippen molar-refractivity contribution >= 4 is 5.97 Å². The first-order valence-corrected chi connectivity index (χ1v) is 6.88. The predicted octanol–water partition coefficient (Wildman–Crippen LogP) is 2.37. The van der Waals surface area contributed by atoms with Gasteiger partial charge in [0.1, 0.15) is 0 Å². The smallest absolute Gasteiger partial charge is 0.335 e. The van der Waals surface area contributed by atoms with E-state index in [0.717, 1.165) is 24.3 Å². The molecule has 5 heteroatoms. The maximum atomic E-state index is 10.8. The van der Waals surface area contributed by atoms with Gasteiger partial charge in [0.05, 0.1) is 11.3 Å². The Bertz CT molecular complexity index is 644. The van der Waals surface area contributed by atoms with E-state index in [1.165, 1.54) is 11.3 Å². The Balaban J connectivity index is 2.04. The third kappa shape index (κ3) is 3.49. The number of carboxylic acid groups (broad SMARTS) is 1. The molecule has 1 aromatic heterocycles. The third-order valence-corrected chi connectivity index (χ3v) is 3.74. The van der Waals surface area contributed by atoms with Crippen LogP contribution in [0.2, 0.25) is 0 Å². The second kappa shape index (κ2) is 6.10. The maximum absolute atomic E-state index is 10.8. The minimum absolute atomic E-state index is 0.320. The Hall–Kier alpha value is -2.14. The lowest BCUT2D eigenvalue weighted by molar-refractivity contribution is 0.0697. The number of hydrogen-bond donors (Lipinski definition) is 1. The summed E-state index contributed by atoms with van der Waals surface area (Å²) in [5, 5.41) is 13.3. The van der Waals surface area contributed by atoms with Gasteiger partial charge in [-0.2, -0.15) is 5.10 Å². The zero-order valence-corrected chi connectivity index (χ0v) is 12.9. The van der Waals surface area contributed by atoms with E-state index in [-0.39, 0.29) is 0 Å². The summed E-state index contributed by atoms with van der Waals surface area (Å²) in [6.07, 6.45) is 0. The van der Waals surface area contributed by atoms with Gasteiger partial charge in [0.2, 0.25) is 0 Å². The Kier molecular flexibility index (Phi) is 4.43. The SMILES string of the molecule is Cc1nn(C)c(C)c1CN(C)Cc1ccc(C(=O)O)cc1. The molecular weight excluding hydrogens is 266 g/mol. The molecule has 0 aliphatic rings. The highest BCUT2D eigenvalue weighted by Crippen LogP contribution is 2.15. The standard InChI is InChI=1S/C16H21N3O2/c1-11-15(12(2)19(4)17-11)10-18(3)9-13-5-7-14(8-6-13)16(20)21/h5-8H,9-10H2,1-4H3,(H,20,21). The summed E-state index contributed by atoms with van der Waals surface area (Å²) in [6.45, 7) is 5.70. The highest BCUT2D eigenvalue weighted by molar-refractivity contribution is 5.87. The molecule has 0 aliphatic carbocycles. The molecule has 1 aromatic carbocycles. The second-order valence-corrected chi connectivity index (χ2v) is 5.45. The van der Waals surface area contributed by atoms with Crippen LogP contribution in [-0.4, -0.2) is 32.8 Å². The average Bonchev–Trinajstić information content (AvgIpc) is 2.66. The topological polar surface area (TPSA) is 58.4 Å². The maximum Gasteiger partial charge on any atom is 0.335 e. The Morgan fingerprint density at radius 3 is 2.33 bits per heavy atom. The van der Waals surface area contributed by atoms with E-state index in [4.69, 9.17) is 5.11 Å². The van der Waals surface area contributed by atoms with Crippen molar-refractivity contribution in [1.82, 2.24) is 14.7 Å². The summed E-state index contributed by atoms with van der Waals surface area (Å²) in [6, 6.07) is 7.02. The van der Waals surface area contributed by atoms with Gasteiger partial charge in [-0.15, -0.1) is 0 Å². The average molecular weight is 287 g/mol. The van der Waals surface area contributed by atoms with Gasteiger partial charge in [-0.1, -0.05) is 12.1 Å². The summed E-state index contributed by atoms with van der Waals surface area (Å²) in [7, 11) is 4.01. The molecule has 1 N–H and O–H groups in total. The van der Waals surface area contributed by atoms with Crippen molar-refractivity contribution in [3.63, 3.8) is 0 Å². The van der Waals surface area contributed by atoms with Crippen LogP contribution in [0.15, 0.2) is 24.3 Å². The summed E-state index contributed by atoms with van der Waals surface area (Å²) in [5.74, 6) is -0.892. The molecule has 5 nitrogen and oxygen atoms in total. The zero-order valence-electron chi connectivity index (χ0n) is 12.9. The van der Waals surface area contributed by atoms with Crippen LogP contribution in [-0.2, 0) is 20.1 Å². The Labute approximate surface area is 124 Å². The molecule has 112 valence electrons. The van der Waals surface area contributed by atoms with Crippen LogP contribution < -0.4 is 0 Å². The van der Waals surface area contributed by atoms with Crippen molar-refractivity contribution in [2.45, 2.75) is 26.9 Å². The highest BCUT2D eigenvalue weighted by Gasteiger charge is 2.12. The van der Waals surface area contributed by atoms with Crippen LogP contribution >= 0.6 is 0 Å². The summed E-state index contributed by atoms with van der Waals surface area (Å²) in [4.78, 5) is 13.0. The van der Waals surface area contributed by atoms with Gasteiger partial charge >= 0.3 is 5.97 Å². The number of carbonyl (C=O) groups is 1. The van der Waals surface area contributed by atoms with Gasteiger partial charge in [-0.3, -0.25) is 9.58 Å². The van der Waals surface area contributed by atoms with E-state index < -0.39 is 5.97 Å². The summed E-state index contributed by atoms with van der Waals surface area (Å²) in [5.41, 5.74) is 4.91. The normalized spacial score (nSPS) is 11.1. The van der Waals surface area contributed by atoms with Gasteiger partial charge in [0, 0.05) is 31.4 Å². The van der Waals surface area contributed by atoms with Gasteiger partial charge in [0.25, 0.3) is 0 Å². The molecule has 0 amide bonds. The molecule has 0 spiro atoms. The Morgan fingerprint density at radius 2 is 1.86 bits per heavy atom. The molecule has 0 bridgehead atoms. The van der Waals surface area contributed by atoms with Gasteiger partial charge in [-0.05, 0) is 38.6 Å². The van der Waals surface area contributed by atoms with Crippen molar-refractivity contribution in [2.24, 2.45) is 7.05 Å². The lowest BCUT2D eigenvalue weighted by Crippen LogP contribution is -2.18. The molecule has 0 aliphatic heterocycles. The number of aromatic nitrogens is 2. The number of aryl methyl sites for hydroxylation is 2. The number of hydrogen-bond acceptors (Lipinski definition) is 3. The summed E-state index contributed by atoms with van der Waals surface area (Å²) >= 11 is 0. The van der Waals surface area contributed by atoms with Crippen LogP contribution in [0.5, 0.6) is 0 Å². The van der Waals surface area contributed by atoms with Crippen LogP contribution in [0.4, 0.5) is 0 Å². The number of rotatable bonds is 5. The van der Waals surface area contributed by atoms with Crippen molar-refractivity contribution in [1.29, 1.82) is 0 Å². The fourth-order valence-corrected chi connectivity index (χ4v) is 2.44. The number of benzene rings is 1. The third-order valence-electron chi connectivity index (χ3n) is 3.74. The monoisotopic (exact) mass is 287 g/mol. The highest BCUT2D eigenvalue weighted by atomic mass is 16.4. The predicted molar refractivity (Wildman–Crippen MR) is 81.3 cm³/mol. The minimum Gasteiger partial charge on any atom is -0.478 e. The van der Waals surface area contributed by atoms with Gasteiger partial charge in [-0.25, -0.2) is 4.79 Å². The zero-order chi connectivity index (χ0) is 15.6. The molecule has 21 heavy (non-hydrogen) atoms. The molecule has 0 radical (unpaired) electrons. The molecular formula is C16H21N3O2. The molecule has 2 rings (SSSR count). The van der Waals surface area contributed by atoms with Crippen LogP contribution in [0.25, 0.3) is 0 Å². The van der Waals surface area contributed by atoms with Gasteiger partial charge in [0.15, 0.2) is 0 Å². The van der Waals surface area contributed by atoms with Crippen LogP contribution in [0.1, 0.15) is 32.9 Å². The first-order valence-electron chi connectivity index (χ1n) is 6.88. The van der Waals surface area contributed by atoms with Crippen molar-refractivity contribution in [3.05, 3.63) is 52.3 Å². The quantitative estimate of drug-likeness (QED) is 0.917. The van der Waals surface area contributed by atoms with E-state index >= 15 is 0 Å². The van der Waals surface area contributed by atoms with E-state index in [1.807, 2.05) is 30.8 Å². The molecule has 0 atom stereocenters. The molecule has 0 fully saturated rings. The lowest BCUT2D eigenvalue weighted by atomic mass is 10.1. The second-order valence-electron chi connectivity index (χ2n) is 5.45. The lowest BCUT2D eigenvalue weighted by Gasteiger charge is -2.17. The van der Waals surface area contributed by atoms with E-state index in [1.54, 1.807) is 12.1 Å². The van der Waals surface area contributed by atoms with Crippen LogP contribution in [0.3, 0.4) is 0 Å². The van der Waals surface area contributed by atoms with Crippen LogP contribution in [0, 0.1) is 13.8 Å². The molecule has 0 saturated heterocycles. The molecule has 2 aromatic rings. The molecule has 0 unspecified atom stereocenters. The van der Waals surface area contributed by atoms with E-state index in [9.17, 15) is 4.79 Å². The fourth-order valence-electron chi connectivity index (χ4n) is 2.44. The Morgan fingerprint density at radius 1 is 1.24 bits per heavy atom. The number of carboxylic acids is 1. The van der Waals surface area contributed by atoms with E-state index in [0.29, 0.717) is 5.56 Å². The minimum atomic E-state index is -0.892. The number of aromatic carboxylic acids is 1. The first-order chi connectivity index (χ1) is 9.88. The first kappa shape index (κ1) is 15.3. The largest absolute Gasteiger partial charge is 0.478 e. The molecule has 0 saturated carbocycles. The van der Waals surface area contributed by atoms with Crippen molar-refractivity contribution in [2.75, 3.05) is 7.05 Å². The van der Waals surface area contributed by atoms with Gasteiger partial charge < -0.3 is 5.11 Å². The summed E-state index contributed by atoms with van der Waals surface area (Å²) < 4.78 is 1.90. The van der Waals surface area contributed by atoms with E-state index in [2.05, 4.69) is 24.0 Å². The number of nitrogens with zero attached hydrogens (tertiary/aromatic N) is 3.